The summed E-state index contributed by atoms with van der Waals surface area (Å²) in [6, 6.07) is 0.0685. The van der Waals surface area contributed by atoms with E-state index in [9.17, 15) is 4.79 Å². The molecule has 1 fully saturated rings. The van der Waals surface area contributed by atoms with Gasteiger partial charge in [0.05, 0.1) is 6.04 Å². The van der Waals surface area contributed by atoms with E-state index in [2.05, 4.69) is 13.5 Å². The van der Waals surface area contributed by atoms with Crippen LogP contribution >= 0.6 is 0 Å². The van der Waals surface area contributed by atoms with Crippen LogP contribution in [0.3, 0.4) is 0 Å². The summed E-state index contributed by atoms with van der Waals surface area (Å²) < 4.78 is 0. The summed E-state index contributed by atoms with van der Waals surface area (Å²) in [7, 11) is 0. The molecular weight excluding hydrogens is 200 g/mol. The molecule has 0 unspecified atom stereocenters. The summed E-state index contributed by atoms with van der Waals surface area (Å²) in [5.74, 6) is 0.105. The van der Waals surface area contributed by atoms with E-state index in [1.54, 1.807) is 6.08 Å². The second-order valence-corrected chi connectivity index (χ2v) is 4.61. The Bertz CT molecular complexity index is 234. The van der Waals surface area contributed by atoms with Crippen molar-refractivity contribution in [2.75, 3.05) is 6.54 Å². The van der Waals surface area contributed by atoms with Gasteiger partial charge in [0.25, 0.3) is 0 Å². The highest BCUT2D eigenvalue weighted by atomic mass is 16.2. The Labute approximate surface area is 98.7 Å². The number of hydrogen-bond donors (Lipinski definition) is 1. The fourth-order valence-electron chi connectivity index (χ4n) is 2.42. The minimum Gasteiger partial charge on any atom is -0.335 e. The van der Waals surface area contributed by atoms with Crippen LogP contribution < -0.4 is 5.73 Å². The van der Waals surface area contributed by atoms with E-state index in [0.29, 0.717) is 12.6 Å². The average molecular weight is 224 g/mol. The van der Waals surface area contributed by atoms with Gasteiger partial charge >= 0.3 is 0 Å². The Balaban J connectivity index is 2.60. The van der Waals surface area contributed by atoms with Gasteiger partial charge in [-0.15, -0.1) is 6.58 Å². The van der Waals surface area contributed by atoms with Crippen LogP contribution in [0.15, 0.2) is 12.7 Å². The van der Waals surface area contributed by atoms with Gasteiger partial charge in [-0.2, -0.15) is 0 Å². The zero-order chi connectivity index (χ0) is 12.0. The van der Waals surface area contributed by atoms with Crippen molar-refractivity contribution in [3.05, 3.63) is 12.7 Å². The zero-order valence-electron chi connectivity index (χ0n) is 10.3. The molecule has 2 N–H and O–H groups in total. The van der Waals surface area contributed by atoms with Crippen molar-refractivity contribution in [1.29, 1.82) is 0 Å². The molecule has 1 aliphatic carbocycles. The molecule has 3 heteroatoms. The third-order valence-corrected chi connectivity index (χ3v) is 3.29. The summed E-state index contributed by atoms with van der Waals surface area (Å²) in [6.45, 7) is 6.42. The molecule has 0 aromatic heterocycles. The summed E-state index contributed by atoms with van der Waals surface area (Å²) in [4.78, 5) is 14.1. The molecule has 1 amide bonds. The van der Waals surface area contributed by atoms with E-state index in [1.165, 1.54) is 12.8 Å². The van der Waals surface area contributed by atoms with Crippen LogP contribution in [0.5, 0.6) is 0 Å². The van der Waals surface area contributed by atoms with E-state index in [0.717, 1.165) is 25.7 Å². The Morgan fingerprint density at radius 1 is 1.56 bits per heavy atom. The Morgan fingerprint density at radius 2 is 2.19 bits per heavy atom. The molecule has 0 saturated heterocycles. The van der Waals surface area contributed by atoms with Crippen molar-refractivity contribution in [1.82, 2.24) is 4.90 Å². The molecule has 1 rings (SSSR count). The number of rotatable bonds is 6. The van der Waals surface area contributed by atoms with Crippen molar-refractivity contribution >= 4 is 5.91 Å². The number of nitrogens with zero attached hydrogens (tertiary/aromatic N) is 1. The molecule has 0 spiro atoms. The van der Waals surface area contributed by atoms with Gasteiger partial charge in [0, 0.05) is 12.6 Å². The van der Waals surface area contributed by atoms with Crippen LogP contribution in [0, 0.1) is 0 Å². The minimum absolute atomic E-state index is 0.105. The van der Waals surface area contributed by atoms with E-state index in [-0.39, 0.29) is 11.9 Å². The molecule has 1 saturated carbocycles. The summed E-state index contributed by atoms with van der Waals surface area (Å²) in [6.07, 6.45) is 8.24. The predicted molar refractivity (Wildman–Crippen MR) is 67.0 cm³/mol. The van der Waals surface area contributed by atoms with Crippen LogP contribution in [-0.4, -0.2) is 29.4 Å². The van der Waals surface area contributed by atoms with E-state index in [4.69, 9.17) is 5.73 Å². The van der Waals surface area contributed by atoms with Crippen LogP contribution in [0.1, 0.15) is 45.4 Å². The SMILES string of the molecule is C=CCN(C(=O)[C@@H](N)CCC)C1CCCC1. The Morgan fingerprint density at radius 3 is 2.69 bits per heavy atom. The zero-order valence-corrected chi connectivity index (χ0v) is 10.3. The number of amides is 1. The molecule has 0 aliphatic heterocycles. The summed E-state index contributed by atoms with van der Waals surface area (Å²) in [5, 5.41) is 0. The minimum atomic E-state index is -0.328. The highest BCUT2D eigenvalue weighted by Crippen LogP contribution is 2.24. The van der Waals surface area contributed by atoms with Gasteiger partial charge in [-0.3, -0.25) is 4.79 Å². The van der Waals surface area contributed by atoms with E-state index >= 15 is 0 Å². The highest BCUT2D eigenvalue weighted by Gasteiger charge is 2.28. The van der Waals surface area contributed by atoms with Gasteiger partial charge in [0.15, 0.2) is 0 Å². The average Bonchev–Trinajstić information content (AvgIpc) is 2.78. The van der Waals surface area contributed by atoms with E-state index in [1.807, 2.05) is 4.90 Å². The summed E-state index contributed by atoms with van der Waals surface area (Å²) >= 11 is 0. The largest absolute Gasteiger partial charge is 0.335 e. The van der Waals surface area contributed by atoms with Gasteiger partial charge in [0.1, 0.15) is 0 Å². The quantitative estimate of drug-likeness (QED) is 0.702. The summed E-state index contributed by atoms with van der Waals surface area (Å²) in [5.41, 5.74) is 5.90. The highest BCUT2D eigenvalue weighted by molar-refractivity contribution is 5.82. The first kappa shape index (κ1) is 13.2. The molecular formula is C13H24N2O. The van der Waals surface area contributed by atoms with Crippen LogP contribution in [-0.2, 0) is 4.79 Å². The van der Waals surface area contributed by atoms with Gasteiger partial charge in [-0.25, -0.2) is 0 Å². The normalized spacial score (nSPS) is 18.4. The molecule has 16 heavy (non-hydrogen) atoms. The standard InChI is InChI=1S/C13H24N2O/c1-3-7-12(14)13(16)15(10-4-2)11-8-5-6-9-11/h4,11-12H,2-3,5-10,14H2,1H3/t12-/m0/s1. The van der Waals surface area contributed by atoms with Crippen molar-refractivity contribution in [2.24, 2.45) is 5.73 Å². The molecule has 3 nitrogen and oxygen atoms in total. The second-order valence-electron chi connectivity index (χ2n) is 4.61. The third-order valence-electron chi connectivity index (χ3n) is 3.29. The lowest BCUT2D eigenvalue weighted by Gasteiger charge is -2.30. The van der Waals surface area contributed by atoms with Gasteiger partial charge in [0.2, 0.25) is 5.91 Å². The van der Waals surface area contributed by atoms with Gasteiger partial charge in [-0.1, -0.05) is 32.3 Å². The monoisotopic (exact) mass is 224 g/mol. The maximum Gasteiger partial charge on any atom is 0.240 e. The lowest BCUT2D eigenvalue weighted by atomic mass is 10.1. The Kier molecular flexibility index (Phi) is 5.53. The predicted octanol–water partition coefficient (Wildman–Crippen LogP) is 2.07. The number of carbonyl (C=O) groups is 1. The van der Waals surface area contributed by atoms with Gasteiger partial charge < -0.3 is 10.6 Å². The molecule has 92 valence electrons. The first-order chi connectivity index (χ1) is 7.70. The molecule has 0 aromatic carbocycles. The molecule has 0 bridgehead atoms. The first-order valence-corrected chi connectivity index (χ1v) is 6.37. The van der Waals surface area contributed by atoms with Crippen LogP contribution in [0.4, 0.5) is 0 Å². The number of carbonyl (C=O) groups excluding carboxylic acids is 1. The first-order valence-electron chi connectivity index (χ1n) is 6.37. The lowest BCUT2D eigenvalue weighted by Crippen LogP contribution is -2.47. The van der Waals surface area contributed by atoms with Crippen LogP contribution in [0.2, 0.25) is 0 Å². The van der Waals surface area contributed by atoms with Gasteiger partial charge in [-0.05, 0) is 19.3 Å². The topological polar surface area (TPSA) is 46.3 Å². The maximum absolute atomic E-state index is 12.2. The third kappa shape index (κ3) is 3.34. The van der Waals surface area contributed by atoms with Crippen molar-refractivity contribution in [3.63, 3.8) is 0 Å². The fraction of sp³-hybridized carbons (Fsp3) is 0.769. The maximum atomic E-state index is 12.2. The molecule has 0 heterocycles. The molecule has 0 radical (unpaired) electrons. The fourth-order valence-corrected chi connectivity index (χ4v) is 2.42. The number of hydrogen-bond acceptors (Lipinski definition) is 2. The van der Waals surface area contributed by atoms with Crippen LogP contribution in [0.25, 0.3) is 0 Å². The molecule has 1 aliphatic rings. The molecule has 0 aromatic rings. The van der Waals surface area contributed by atoms with Crippen molar-refractivity contribution in [3.8, 4) is 0 Å². The van der Waals surface area contributed by atoms with E-state index < -0.39 is 0 Å². The Hall–Kier alpha value is -0.830. The van der Waals surface area contributed by atoms with Crippen molar-refractivity contribution in [2.45, 2.75) is 57.5 Å². The molecule has 1 atom stereocenters. The van der Waals surface area contributed by atoms with Crippen molar-refractivity contribution < 1.29 is 4.79 Å². The lowest BCUT2D eigenvalue weighted by molar-refractivity contribution is -0.134. The smallest absolute Gasteiger partial charge is 0.240 e. The number of nitrogens with two attached hydrogens (primary N) is 1. The second kappa shape index (κ2) is 6.69.